The van der Waals surface area contributed by atoms with E-state index in [1.54, 1.807) is 23.0 Å². The Morgan fingerprint density at radius 3 is 2.88 bits per heavy atom. The number of aromatic amines is 1. The van der Waals surface area contributed by atoms with Crippen molar-refractivity contribution in [3.05, 3.63) is 54.4 Å². The highest BCUT2D eigenvalue weighted by molar-refractivity contribution is 5.94. The fourth-order valence-corrected chi connectivity index (χ4v) is 2.88. The Morgan fingerprint density at radius 1 is 1.27 bits per heavy atom. The van der Waals surface area contributed by atoms with Gasteiger partial charge >= 0.3 is 0 Å². The minimum atomic E-state index is -0.397. The van der Waals surface area contributed by atoms with Crippen LogP contribution in [0.1, 0.15) is 5.56 Å². The number of amides is 1. The number of carbonyl (C=O) groups is 1. The molecule has 0 fully saturated rings. The Morgan fingerprint density at radius 2 is 2.15 bits per heavy atom. The first-order valence-corrected chi connectivity index (χ1v) is 7.94. The molecule has 7 nitrogen and oxygen atoms in total. The summed E-state index contributed by atoms with van der Waals surface area (Å²) in [6.45, 7) is 0.143. The Kier molecular flexibility index (Phi) is 3.92. The Bertz CT molecular complexity index is 1100. The fraction of sp³-hybridized carbons (Fsp3) is 0.111. The molecule has 0 aliphatic rings. The summed E-state index contributed by atoms with van der Waals surface area (Å²) in [4.78, 5) is 22.2. The summed E-state index contributed by atoms with van der Waals surface area (Å²) in [5.74, 6) is -0.397. The molecule has 3 heterocycles. The number of H-pyrrole nitrogens is 1. The van der Waals surface area contributed by atoms with Gasteiger partial charge in [-0.2, -0.15) is 5.10 Å². The number of aryl methyl sites for hydroxylation is 1. The molecule has 2 N–H and O–H groups in total. The normalized spacial score (nSPS) is 11.0. The predicted molar refractivity (Wildman–Crippen MR) is 94.4 cm³/mol. The van der Waals surface area contributed by atoms with E-state index in [1.807, 2.05) is 19.3 Å². The van der Waals surface area contributed by atoms with Gasteiger partial charge in [-0.05, 0) is 12.1 Å². The van der Waals surface area contributed by atoms with Gasteiger partial charge in [-0.15, -0.1) is 0 Å². The lowest BCUT2D eigenvalue weighted by molar-refractivity contribution is -0.109. The summed E-state index contributed by atoms with van der Waals surface area (Å²) in [5, 5.41) is 7.42. The molecule has 130 valence electrons. The van der Waals surface area contributed by atoms with Crippen LogP contribution in [0.5, 0.6) is 0 Å². The standard InChI is InChI=1S/C18H15FN6O/c1-25-8-13(7-23-25)16-5-14-17(21-9-22-18(14)24-16)11-2-3-12(6-20-10-26)15(19)4-11/h2-5,7-10H,6H2,1H3,(H,20,26)(H,21,22,24). The quantitative estimate of drug-likeness (QED) is 0.541. The molecule has 0 atom stereocenters. The number of aromatic nitrogens is 5. The molecule has 1 aromatic carbocycles. The monoisotopic (exact) mass is 350 g/mol. The minimum absolute atomic E-state index is 0.143. The highest BCUT2D eigenvalue weighted by atomic mass is 19.1. The van der Waals surface area contributed by atoms with Gasteiger partial charge in [-0.1, -0.05) is 12.1 Å². The molecule has 0 spiro atoms. The van der Waals surface area contributed by atoms with Crippen LogP contribution in [0, 0.1) is 5.82 Å². The van der Waals surface area contributed by atoms with Gasteiger partial charge in [0, 0.05) is 41.9 Å². The molecule has 0 unspecified atom stereocenters. The molecule has 0 saturated carbocycles. The highest BCUT2D eigenvalue weighted by Crippen LogP contribution is 2.30. The summed E-state index contributed by atoms with van der Waals surface area (Å²) in [6.07, 6.45) is 5.64. The number of hydrogen-bond acceptors (Lipinski definition) is 4. The zero-order valence-corrected chi connectivity index (χ0v) is 13.9. The summed E-state index contributed by atoms with van der Waals surface area (Å²) in [6, 6.07) is 6.77. The Labute approximate surface area is 147 Å². The predicted octanol–water partition coefficient (Wildman–Crippen LogP) is 2.41. The van der Waals surface area contributed by atoms with Crippen molar-refractivity contribution in [3.63, 3.8) is 0 Å². The Balaban J connectivity index is 1.78. The molecule has 0 bridgehead atoms. The largest absolute Gasteiger partial charge is 0.354 e. The Hall–Kier alpha value is -3.55. The number of fused-ring (bicyclic) bond motifs is 1. The first-order valence-electron chi connectivity index (χ1n) is 7.94. The van der Waals surface area contributed by atoms with E-state index >= 15 is 0 Å². The van der Waals surface area contributed by atoms with Gasteiger partial charge in [-0.25, -0.2) is 14.4 Å². The van der Waals surface area contributed by atoms with E-state index in [4.69, 9.17) is 0 Å². The van der Waals surface area contributed by atoms with Crippen LogP contribution in [0.2, 0.25) is 0 Å². The van der Waals surface area contributed by atoms with Crippen LogP contribution in [0.15, 0.2) is 43.0 Å². The van der Waals surface area contributed by atoms with Crippen LogP contribution < -0.4 is 5.32 Å². The second-order valence-corrected chi connectivity index (χ2v) is 5.88. The lowest BCUT2D eigenvalue weighted by Crippen LogP contribution is -2.11. The molecular weight excluding hydrogens is 335 g/mol. The zero-order valence-electron chi connectivity index (χ0n) is 13.9. The van der Waals surface area contributed by atoms with Crippen LogP contribution in [0.25, 0.3) is 33.5 Å². The third kappa shape index (κ3) is 2.81. The van der Waals surface area contributed by atoms with E-state index in [0.29, 0.717) is 28.9 Å². The summed E-state index contributed by atoms with van der Waals surface area (Å²) in [7, 11) is 1.85. The number of benzene rings is 1. The minimum Gasteiger partial charge on any atom is -0.354 e. The average molecular weight is 350 g/mol. The van der Waals surface area contributed by atoms with Crippen molar-refractivity contribution >= 4 is 17.4 Å². The summed E-state index contributed by atoms with van der Waals surface area (Å²) in [5.41, 5.74) is 4.15. The smallest absolute Gasteiger partial charge is 0.207 e. The number of nitrogens with one attached hydrogen (secondary N) is 2. The third-order valence-corrected chi connectivity index (χ3v) is 4.14. The lowest BCUT2D eigenvalue weighted by atomic mass is 10.1. The molecule has 0 aliphatic carbocycles. The van der Waals surface area contributed by atoms with Crippen molar-refractivity contribution < 1.29 is 9.18 Å². The van der Waals surface area contributed by atoms with E-state index in [-0.39, 0.29) is 6.54 Å². The van der Waals surface area contributed by atoms with E-state index in [9.17, 15) is 9.18 Å². The zero-order chi connectivity index (χ0) is 18.1. The van der Waals surface area contributed by atoms with E-state index < -0.39 is 5.82 Å². The first-order chi connectivity index (χ1) is 12.7. The highest BCUT2D eigenvalue weighted by Gasteiger charge is 2.13. The number of hydrogen-bond donors (Lipinski definition) is 2. The van der Waals surface area contributed by atoms with Gasteiger partial charge in [-0.3, -0.25) is 9.48 Å². The second-order valence-electron chi connectivity index (χ2n) is 5.88. The van der Waals surface area contributed by atoms with Crippen LogP contribution in [-0.2, 0) is 18.4 Å². The van der Waals surface area contributed by atoms with E-state index in [0.717, 1.165) is 16.6 Å². The van der Waals surface area contributed by atoms with Crippen molar-refractivity contribution in [3.8, 4) is 22.5 Å². The van der Waals surface area contributed by atoms with Crippen molar-refractivity contribution in [1.82, 2.24) is 30.0 Å². The number of halogens is 1. The maximum atomic E-state index is 14.3. The first kappa shape index (κ1) is 15.9. The molecule has 0 aliphatic heterocycles. The van der Waals surface area contributed by atoms with Gasteiger partial charge in [0.1, 0.15) is 17.8 Å². The number of nitrogens with zero attached hydrogens (tertiary/aromatic N) is 4. The molecule has 4 rings (SSSR count). The van der Waals surface area contributed by atoms with Crippen LogP contribution in [0.3, 0.4) is 0 Å². The SMILES string of the molecule is Cn1cc(-c2cc3c(-c4ccc(CNC=O)c(F)c4)ncnc3[nH]2)cn1. The molecule has 26 heavy (non-hydrogen) atoms. The van der Waals surface area contributed by atoms with Crippen molar-refractivity contribution in [1.29, 1.82) is 0 Å². The van der Waals surface area contributed by atoms with Crippen molar-refractivity contribution in [2.24, 2.45) is 7.05 Å². The summed E-state index contributed by atoms with van der Waals surface area (Å²) >= 11 is 0. The number of carbonyl (C=O) groups excluding carboxylic acids is 1. The maximum Gasteiger partial charge on any atom is 0.207 e. The molecule has 3 aromatic heterocycles. The van der Waals surface area contributed by atoms with Gasteiger partial charge < -0.3 is 10.3 Å². The summed E-state index contributed by atoms with van der Waals surface area (Å²) < 4.78 is 16.0. The van der Waals surface area contributed by atoms with E-state index in [2.05, 4.69) is 25.4 Å². The van der Waals surface area contributed by atoms with Gasteiger partial charge in [0.2, 0.25) is 6.41 Å². The van der Waals surface area contributed by atoms with Crippen molar-refractivity contribution in [2.75, 3.05) is 0 Å². The molecule has 1 amide bonds. The molecule has 0 saturated heterocycles. The van der Waals surface area contributed by atoms with Crippen molar-refractivity contribution in [2.45, 2.75) is 6.54 Å². The topological polar surface area (TPSA) is 88.5 Å². The van der Waals surface area contributed by atoms with Crippen LogP contribution in [0.4, 0.5) is 4.39 Å². The van der Waals surface area contributed by atoms with Gasteiger partial charge in [0.15, 0.2) is 0 Å². The average Bonchev–Trinajstić information content (AvgIpc) is 3.26. The second kappa shape index (κ2) is 6.40. The van der Waals surface area contributed by atoms with E-state index in [1.165, 1.54) is 12.4 Å². The van der Waals surface area contributed by atoms with Gasteiger partial charge in [0.25, 0.3) is 0 Å². The maximum absolute atomic E-state index is 14.3. The van der Waals surface area contributed by atoms with Crippen LogP contribution in [-0.4, -0.2) is 31.1 Å². The number of rotatable bonds is 5. The third-order valence-electron chi connectivity index (χ3n) is 4.14. The molecule has 8 heteroatoms. The van der Waals surface area contributed by atoms with Crippen LogP contribution >= 0.6 is 0 Å². The molecule has 0 radical (unpaired) electrons. The van der Waals surface area contributed by atoms with Gasteiger partial charge in [0.05, 0.1) is 17.6 Å². The fourth-order valence-electron chi connectivity index (χ4n) is 2.88. The molecular formula is C18H15FN6O. The lowest BCUT2D eigenvalue weighted by Gasteiger charge is -2.06. The molecule has 4 aromatic rings.